The zero-order chi connectivity index (χ0) is 13.1. The van der Waals surface area contributed by atoms with Gasteiger partial charge in [0.25, 0.3) is 0 Å². The third-order valence-electron chi connectivity index (χ3n) is 2.61. The normalized spacial score (nSPS) is 15.5. The Labute approximate surface area is 103 Å². The fraction of sp³-hybridized carbons (Fsp3) is 0.556. The summed E-state index contributed by atoms with van der Waals surface area (Å²) in [5, 5.41) is 13.8. The third-order valence-corrected chi connectivity index (χ3v) is 2.61. The van der Waals surface area contributed by atoms with E-state index in [-0.39, 0.29) is 23.3 Å². The van der Waals surface area contributed by atoms with Gasteiger partial charge in [-0.3, -0.25) is 10.1 Å². The molecule has 1 saturated heterocycles. The number of hydrogen-bond donors (Lipinski definition) is 2. The van der Waals surface area contributed by atoms with Crippen LogP contribution in [0.1, 0.15) is 0 Å². The second-order valence-electron chi connectivity index (χ2n) is 3.71. The van der Waals surface area contributed by atoms with Gasteiger partial charge in [-0.2, -0.15) is 9.97 Å². The summed E-state index contributed by atoms with van der Waals surface area (Å²) in [5.41, 5.74) is 5.36. The highest BCUT2D eigenvalue weighted by Gasteiger charge is 2.28. The van der Waals surface area contributed by atoms with E-state index < -0.39 is 4.92 Å². The van der Waals surface area contributed by atoms with Crippen molar-refractivity contribution >= 4 is 23.3 Å². The number of ether oxygens (including phenoxy) is 1. The summed E-state index contributed by atoms with van der Waals surface area (Å²) in [5.74, 6) is 0.362. The highest BCUT2D eigenvalue weighted by Crippen LogP contribution is 2.32. The lowest BCUT2D eigenvalue weighted by Crippen LogP contribution is -2.37. The summed E-state index contributed by atoms with van der Waals surface area (Å²) >= 11 is 0. The van der Waals surface area contributed by atoms with Crippen molar-refractivity contribution in [3.8, 4) is 0 Å². The molecule has 0 radical (unpaired) electrons. The van der Waals surface area contributed by atoms with Crippen LogP contribution in [0.3, 0.4) is 0 Å². The summed E-state index contributed by atoms with van der Waals surface area (Å²) in [4.78, 5) is 20.2. The van der Waals surface area contributed by atoms with Crippen molar-refractivity contribution in [2.24, 2.45) is 0 Å². The number of nitrogens with one attached hydrogen (secondary N) is 1. The molecule has 1 aliphatic heterocycles. The molecule has 0 spiro atoms. The van der Waals surface area contributed by atoms with Crippen LogP contribution in [0.4, 0.5) is 23.3 Å². The van der Waals surface area contributed by atoms with Crippen molar-refractivity contribution in [2.45, 2.75) is 0 Å². The molecule has 0 bridgehead atoms. The van der Waals surface area contributed by atoms with Gasteiger partial charge in [-0.15, -0.1) is 0 Å². The van der Waals surface area contributed by atoms with E-state index >= 15 is 0 Å². The average Bonchev–Trinajstić information content (AvgIpc) is 2.38. The maximum atomic E-state index is 11.1. The Hall–Kier alpha value is -2.16. The van der Waals surface area contributed by atoms with E-state index in [9.17, 15) is 10.1 Å². The van der Waals surface area contributed by atoms with Gasteiger partial charge in [-0.05, 0) is 0 Å². The van der Waals surface area contributed by atoms with Crippen LogP contribution >= 0.6 is 0 Å². The quantitative estimate of drug-likeness (QED) is 0.564. The fourth-order valence-electron chi connectivity index (χ4n) is 1.74. The van der Waals surface area contributed by atoms with Gasteiger partial charge in [0.2, 0.25) is 17.6 Å². The molecule has 2 rings (SSSR count). The topological polar surface area (TPSA) is 119 Å². The minimum Gasteiger partial charge on any atom is -0.378 e. The maximum Gasteiger partial charge on any atom is 0.353 e. The van der Waals surface area contributed by atoms with E-state index in [4.69, 9.17) is 10.5 Å². The molecule has 1 aromatic rings. The van der Waals surface area contributed by atoms with Gasteiger partial charge in [-0.1, -0.05) is 0 Å². The Morgan fingerprint density at radius 3 is 2.67 bits per heavy atom. The number of morpholine rings is 1. The van der Waals surface area contributed by atoms with Crippen LogP contribution in [0.25, 0.3) is 0 Å². The number of nitrogens with zero attached hydrogens (tertiary/aromatic N) is 4. The Kier molecular flexibility index (Phi) is 3.42. The number of aromatic nitrogens is 2. The Morgan fingerprint density at radius 1 is 1.44 bits per heavy atom. The zero-order valence-corrected chi connectivity index (χ0v) is 9.92. The second-order valence-corrected chi connectivity index (χ2v) is 3.71. The molecule has 1 aliphatic rings. The van der Waals surface area contributed by atoms with Crippen molar-refractivity contribution in [3.63, 3.8) is 0 Å². The third kappa shape index (κ3) is 2.25. The summed E-state index contributed by atoms with van der Waals surface area (Å²) in [7, 11) is 1.63. The number of nitrogen functional groups attached to an aromatic ring is 1. The second kappa shape index (κ2) is 5.00. The number of anilines is 3. The molecule has 0 unspecified atom stereocenters. The summed E-state index contributed by atoms with van der Waals surface area (Å²) < 4.78 is 5.21. The molecule has 1 fully saturated rings. The van der Waals surface area contributed by atoms with Crippen LogP contribution in [0.2, 0.25) is 0 Å². The number of nitrogens with two attached hydrogens (primary N) is 1. The van der Waals surface area contributed by atoms with Crippen molar-refractivity contribution in [1.29, 1.82) is 0 Å². The molecule has 98 valence electrons. The molecule has 1 aromatic heterocycles. The van der Waals surface area contributed by atoms with E-state index in [1.165, 1.54) is 0 Å². The fourth-order valence-corrected chi connectivity index (χ4v) is 1.74. The molecular weight excluding hydrogens is 240 g/mol. The molecule has 9 heteroatoms. The summed E-state index contributed by atoms with van der Waals surface area (Å²) in [6.07, 6.45) is 0. The molecule has 0 aromatic carbocycles. The monoisotopic (exact) mass is 254 g/mol. The smallest absolute Gasteiger partial charge is 0.353 e. The standard InChI is InChI=1S/C9H14N6O3/c1-11-9-12-7(10)6(15(16)17)8(13-9)14-2-4-18-5-3-14/h2-5H2,1H3,(H3,10,11,12,13). The molecule has 9 nitrogen and oxygen atoms in total. The van der Waals surface area contributed by atoms with Gasteiger partial charge >= 0.3 is 5.69 Å². The van der Waals surface area contributed by atoms with Gasteiger partial charge in [0.1, 0.15) is 0 Å². The van der Waals surface area contributed by atoms with Crippen LogP contribution < -0.4 is 16.0 Å². The van der Waals surface area contributed by atoms with E-state index in [0.717, 1.165) is 0 Å². The van der Waals surface area contributed by atoms with Crippen molar-refractivity contribution in [3.05, 3.63) is 10.1 Å². The van der Waals surface area contributed by atoms with E-state index in [0.29, 0.717) is 26.3 Å². The molecule has 3 N–H and O–H groups in total. The first-order valence-corrected chi connectivity index (χ1v) is 5.46. The van der Waals surface area contributed by atoms with Crippen LogP contribution in [-0.2, 0) is 4.74 Å². The van der Waals surface area contributed by atoms with Gasteiger partial charge in [-0.25, -0.2) is 0 Å². The zero-order valence-electron chi connectivity index (χ0n) is 9.92. The van der Waals surface area contributed by atoms with Crippen molar-refractivity contribution in [1.82, 2.24) is 9.97 Å². The molecule has 0 saturated carbocycles. The molecule has 0 aliphatic carbocycles. The molecule has 0 amide bonds. The first-order chi connectivity index (χ1) is 8.63. The Balaban J connectivity index is 2.47. The molecule has 0 atom stereocenters. The molecular formula is C9H14N6O3. The van der Waals surface area contributed by atoms with Gasteiger partial charge in [0.15, 0.2) is 0 Å². The predicted octanol–water partition coefficient (Wildman–Crippen LogP) is -0.155. The van der Waals surface area contributed by atoms with Gasteiger partial charge in [0.05, 0.1) is 18.1 Å². The van der Waals surface area contributed by atoms with Crippen LogP contribution in [0.15, 0.2) is 0 Å². The maximum absolute atomic E-state index is 11.1. The Morgan fingerprint density at radius 2 is 2.11 bits per heavy atom. The van der Waals surface area contributed by atoms with Gasteiger partial charge < -0.3 is 20.7 Å². The van der Waals surface area contributed by atoms with Gasteiger partial charge in [0, 0.05) is 20.1 Å². The Bertz CT molecular complexity index is 460. The largest absolute Gasteiger partial charge is 0.378 e. The number of hydrogen-bond acceptors (Lipinski definition) is 8. The highest BCUT2D eigenvalue weighted by molar-refractivity contribution is 5.71. The van der Waals surface area contributed by atoms with E-state index in [1.807, 2.05) is 0 Å². The van der Waals surface area contributed by atoms with Crippen molar-refractivity contribution < 1.29 is 9.66 Å². The van der Waals surface area contributed by atoms with Crippen LogP contribution in [-0.4, -0.2) is 48.2 Å². The lowest BCUT2D eigenvalue weighted by molar-refractivity contribution is -0.383. The SMILES string of the molecule is CNc1nc(N)c([N+](=O)[O-])c(N2CCOCC2)n1. The van der Waals surface area contributed by atoms with Crippen LogP contribution in [0, 0.1) is 10.1 Å². The highest BCUT2D eigenvalue weighted by atomic mass is 16.6. The van der Waals surface area contributed by atoms with E-state index in [1.54, 1.807) is 11.9 Å². The first-order valence-electron chi connectivity index (χ1n) is 5.46. The average molecular weight is 254 g/mol. The predicted molar refractivity (Wildman–Crippen MR) is 65.7 cm³/mol. The minimum atomic E-state index is -0.556. The lowest BCUT2D eigenvalue weighted by atomic mass is 10.3. The van der Waals surface area contributed by atoms with E-state index in [2.05, 4.69) is 15.3 Å². The minimum absolute atomic E-state index is 0.138. The first kappa shape index (κ1) is 12.3. The number of rotatable bonds is 3. The molecule has 18 heavy (non-hydrogen) atoms. The van der Waals surface area contributed by atoms with Crippen molar-refractivity contribution in [2.75, 3.05) is 49.3 Å². The lowest BCUT2D eigenvalue weighted by Gasteiger charge is -2.27. The summed E-state index contributed by atoms with van der Waals surface area (Å²) in [6, 6.07) is 0. The number of nitro groups is 1. The summed E-state index contributed by atoms with van der Waals surface area (Å²) in [6.45, 7) is 2.10. The van der Waals surface area contributed by atoms with Crippen LogP contribution in [0.5, 0.6) is 0 Å². The molecule has 2 heterocycles.